The van der Waals surface area contributed by atoms with Gasteiger partial charge < -0.3 is 0 Å². The van der Waals surface area contributed by atoms with E-state index in [0.717, 1.165) is 12.1 Å². The minimum atomic E-state index is -5.17. The molecule has 0 heterocycles. The molecule has 0 unspecified atom stereocenters. The Morgan fingerprint density at radius 3 is 1.32 bits per heavy atom. The number of Topliss-reactive ketones (excluding diaryl/α,β-unsaturated/α-hetero) is 4. The summed E-state index contributed by atoms with van der Waals surface area (Å²) >= 11 is 0. The van der Waals surface area contributed by atoms with Crippen LogP contribution in [0.2, 0.25) is 0 Å². The lowest BCUT2D eigenvalue weighted by atomic mass is 9.92. The average Bonchev–Trinajstić information content (AvgIpc) is 2.86. The number of carbonyl (C=O) groups excluding carboxylic acids is 4. The quantitative estimate of drug-likeness (QED) is 0.122. The van der Waals surface area contributed by atoms with E-state index in [2.05, 4.69) is 0 Å². The van der Waals surface area contributed by atoms with Crippen LogP contribution in [0.1, 0.15) is 33.6 Å². The van der Waals surface area contributed by atoms with Gasteiger partial charge in [-0.1, -0.05) is 54.6 Å². The van der Waals surface area contributed by atoms with E-state index in [1.54, 1.807) is 0 Å². The third-order valence-electron chi connectivity index (χ3n) is 5.58. The standard InChI is InChI=1S/C26H15ClF6O6S/c27-40(38,39)18-9-10-19(14-1-5-16(6-2-14)21(34)12-23(36)25(28,29)30)20(11-18)15-3-7-17(8-4-15)22(35)13-24(37)26(31,32)33/h1-11H,12-13H2. The molecule has 210 valence electrons. The maximum atomic E-state index is 12.5. The molecule has 0 spiro atoms. The van der Waals surface area contributed by atoms with Gasteiger partial charge >= 0.3 is 12.4 Å². The molecule has 0 atom stereocenters. The van der Waals surface area contributed by atoms with Crippen molar-refractivity contribution >= 4 is 42.9 Å². The van der Waals surface area contributed by atoms with Gasteiger partial charge in [-0.25, -0.2) is 8.42 Å². The van der Waals surface area contributed by atoms with Crippen LogP contribution in [0.4, 0.5) is 26.3 Å². The Morgan fingerprint density at radius 1 is 0.600 bits per heavy atom. The predicted molar refractivity (Wildman–Crippen MR) is 130 cm³/mol. The largest absolute Gasteiger partial charge is 0.450 e. The van der Waals surface area contributed by atoms with Crippen molar-refractivity contribution in [3.8, 4) is 22.3 Å². The number of rotatable bonds is 9. The lowest BCUT2D eigenvalue weighted by molar-refractivity contribution is -0.170. The Morgan fingerprint density at radius 2 is 0.975 bits per heavy atom. The average molecular weight is 605 g/mol. The molecule has 0 saturated carbocycles. The van der Waals surface area contributed by atoms with Gasteiger partial charge in [0.15, 0.2) is 11.6 Å². The summed E-state index contributed by atoms with van der Waals surface area (Å²) in [6.07, 6.45) is -13.1. The summed E-state index contributed by atoms with van der Waals surface area (Å²) in [7, 11) is 1.24. The second kappa shape index (κ2) is 11.3. The maximum absolute atomic E-state index is 12.5. The van der Waals surface area contributed by atoms with Crippen LogP contribution in [0.3, 0.4) is 0 Å². The lowest BCUT2D eigenvalue weighted by Gasteiger charge is -2.13. The first-order valence-corrected chi connectivity index (χ1v) is 13.2. The van der Waals surface area contributed by atoms with E-state index in [-0.39, 0.29) is 27.1 Å². The van der Waals surface area contributed by atoms with E-state index < -0.39 is 57.4 Å². The van der Waals surface area contributed by atoms with E-state index in [9.17, 15) is 53.9 Å². The van der Waals surface area contributed by atoms with Crippen LogP contribution < -0.4 is 0 Å². The summed E-state index contributed by atoms with van der Waals surface area (Å²) in [6, 6.07) is 13.7. The summed E-state index contributed by atoms with van der Waals surface area (Å²) in [5, 5.41) is 0. The fourth-order valence-corrected chi connectivity index (χ4v) is 4.31. The molecule has 3 aromatic carbocycles. The van der Waals surface area contributed by atoms with Crippen molar-refractivity contribution in [2.24, 2.45) is 0 Å². The molecule has 0 amide bonds. The zero-order valence-electron chi connectivity index (χ0n) is 19.8. The van der Waals surface area contributed by atoms with Crippen LogP contribution in [0.5, 0.6) is 0 Å². The zero-order valence-corrected chi connectivity index (χ0v) is 21.3. The molecule has 0 aliphatic carbocycles. The highest BCUT2D eigenvalue weighted by Gasteiger charge is 2.40. The van der Waals surface area contributed by atoms with Gasteiger partial charge in [-0.05, 0) is 34.4 Å². The number of carbonyl (C=O) groups is 4. The SMILES string of the molecule is O=C(CC(=O)C(F)(F)F)c1ccc(-c2ccc(S(=O)(=O)Cl)cc2-c2ccc(C(=O)CC(=O)C(F)(F)F)cc2)cc1. The molecule has 0 saturated heterocycles. The molecule has 3 rings (SSSR count). The van der Waals surface area contributed by atoms with Gasteiger partial charge in [-0.3, -0.25) is 19.2 Å². The first kappa shape index (κ1) is 30.7. The second-order valence-corrected chi connectivity index (χ2v) is 10.9. The molecule has 0 aliphatic rings. The van der Waals surface area contributed by atoms with Crippen LogP contribution >= 0.6 is 10.7 Å². The fourth-order valence-electron chi connectivity index (χ4n) is 3.53. The molecule has 0 aliphatic heterocycles. The number of benzene rings is 3. The molecule has 14 heteroatoms. The molecule has 0 N–H and O–H groups in total. The molecule has 0 fully saturated rings. The van der Waals surface area contributed by atoms with Crippen molar-refractivity contribution < 1.29 is 53.9 Å². The van der Waals surface area contributed by atoms with Crippen molar-refractivity contribution in [3.63, 3.8) is 0 Å². The van der Waals surface area contributed by atoms with Crippen LogP contribution in [0, 0.1) is 0 Å². The highest BCUT2D eigenvalue weighted by Crippen LogP contribution is 2.35. The summed E-state index contributed by atoms with van der Waals surface area (Å²) in [5.74, 6) is -6.57. The highest BCUT2D eigenvalue weighted by molar-refractivity contribution is 8.13. The summed E-state index contributed by atoms with van der Waals surface area (Å²) in [6.45, 7) is 0. The van der Waals surface area contributed by atoms with E-state index in [4.69, 9.17) is 10.7 Å². The molecule has 0 radical (unpaired) electrons. The monoisotopic (exact) mass is 604 g/mol. The van der Waals surface area contributed by atoms with Crippen molar-refractivity contribution in [1.82, 2.24) is 0 Å². The number of ketones is 4. The first-order valence-electron chi connectivity index (χ1n) is 10.9. The van der Waals surface area contributed by atoms with Gasteiger partial charge in [0.25, 0.3) is 9.05 Å². The van der Waals surface area contributed by atoms with E-state index in [1.807, 2.05) is 0 Å². The van der Waals surface area contributed by atoms with Gasteiger partial charge in [-0.2, -0.15) is 26.3 Å². The van der Waals surface area contributed by atoms with Crippen molar-refractivity contribution in [2.45, 2.75) is 30.1 Å². The molecule has 6 nitrogen and oxygen atoms in total. The number of hydrogen-bond acceptors (Lipinski definition) is 6. The molecule has 0 aromatic heterocycles. The Bertz CT molecular complexity index is 1590. The predicted octanol–water partition coefficient (Wildman–Crippen LogP) is 6.36. The summed E-state index contributed by atoms with van der Waals surface area (Å²) in [5.41, 5.74) is 0.827. The summed E-state index contributed by atoms with van der Waals surface area (Å²) < 4.78 is 98.7. The molecular formula is C26H15ClF6O6S. The molecule has 0 bridgehead atoms. The lowest BCUT2D eigenvalue weighted by Crippen LogP contribution is -2.25. The minimum absolute atomic E-state index is 0.181. The normalized spacial score (nSPS) is 12.2. The van der Waals surface area contributed by atoms with Crippen molar-refractivity contribution in [3.05, 3.63) is 77.9 Å². The molecule has 3 aromatic rings. The van der Waals surface area contributed by atoms with Crippen LogP contribution in [0.15, 0.2) is 71.6 Å². The second-order valence-electron chi connectivity index (χ2n) is 8.34. The minimum Gasteiger partial charge on any atom is -0.294 e. The highest BCUT2D eigenvalue weighted by atomic mass is 35.7. The molecule has 40 heavy (non-hydrogen) atoms. The number of hydrogen-bond donors (Lipinski definition) is 0. The maximum Gasteiger partial charge on any atom is 0.450 e. The summed E-state index contributed by atoms with van der Waals surface area (Å²) in [4.78, 5) is 46.1. The van der Waals surface area contributed by atoms with Gasteiger partial charge in [0.1, 0.15) is 0 Å². The molecular weight excluding hydrogens is 590 g/mol. The Balaban J connectivity index is 1.98. The van der Waals surface area contributed by atoms with E-state index in [1.165, 1.54) is 54.6 Å². The van der Waals surface area contributed by atoms with Gasteiger partial charge in [0.05, 0.1) is 17.7 Å². The van der Waals surface area contributed by atoms with Crippen LogP contribution in [0.25, 0.3) is 22.3 Å². The van der Waals surface area contributed by atoms with E-state index in [0.29, 0.717) is 11.1 Å². The van der Waals surface area contributed by atoms with Crippen LogP contribution in [-0.4, -0.2) is 43.9 Å². The smallest absolute Gasteiger partial charge is 0.294 e. The zero-order chi connectivity index (χ0) is 30.0. The van der Waals surface area contributed by atoms with E-state index >= 15 is 0 Å². The van der Waals surface area contributed by atoms with Crippen molar-refractivity contribution in [1.29, 1.82) is 0 Å². The Kier molecular flexibility index (Phi) is 8.70. The van der Waals surface area contributed by atoms with Crippen LogP contribution in [-0.2, 0) is 18.6 Å². The van der Waals surface area contributed by atoms with Gasteiger partial charge in [0.2, 0.25) is 11.6 Å². The Hall–Kier alpha value is -3.84. The first-order chi connectivity index (χ1) is 18.4. The van der Waals surface area contributed by atoms with Gasteiger partial charge in [0, 0.05) is 21.8 Å². The van der Waals surface area contributed by atoms with Crippen molar-refractivity contribution in [2.75, 3.05) is 0 Å². The van der Waals surface area contributed by atoms with Gasteiger partial charge in [-0.15, -0.1) is 0 Å². The third kappa shape index (κ3) is 7.42. The fraction of sp³-hybridized carbons (Fsp3) is 0.154. The number of halogens is 7. The Labute approximate surface area is 227 Å². The topological polar surface area (TPSA) is 102 Å². The third-order valence-corrected chi connectivity index (χ3v) is 6.93. The number of alkyl halides is 6.